The number of rotatable bonds is 3. The van der Waals surface area contributed by atoms with Gasteiger partial charge in [-0.25, -0.2) is 0 Å². The Hall–Kier alpha value is -1.29. The van der Waals surface area contributed by atoms with Crippen LogP contribution >= 0.6 is 0 Å². The molecule has 1 heteroatoms. The molecule has 0 spiro atoms. The maximum Gasteiger partial charge on any atom is 0.155 e. The van der Waals surface area contributed by atoms with Crippen LogP contribution in [0.25, 0.3) is 0 Å². The normalized spacial score (nSPS) is 12.5. The van der Waals surface area contributed by atoms with Crippen LogP contribution in [0.4, 0.5) is 0 Å². The van der Waals surface area contributed by atoms with Crippen molar-refractivity contribution in [1.29, 1.82) is 0 Å². The molecular formula is C11H14O. The first-order chi connectivity index (χ1) is 5.61. The standard InChI is InChI=1S/C11H14O/c1-5-9(3)7-8-11(6-2)10(4)12/h1,7-8H,6H2,2-4H3/b9-7-,11-8+. The smallest absolute Gasteiger partial charge is 0.155 e. The van der Waals surface area contributed by atoms with Gasteiger partial charge in [-0.2, -0.15) is 0 Å². The van der Waals surface area contributed by atoms with E-state index in [0.717, 1.165) is 17.6 Å². The van der Waals surface area contributed by atoms with Crippen LogP contribution in [-0.2, 0) is 4.79 Å². The van der Waals surface area contributed by atoms with E-state index in [2.05, 4.69) is 5.92 Å². The van der Waals surface area contributed by atoms with Crippen molar-refractivity contribution in [2.45, 2.75) is 27.2 Å². The lowest BCUT2D eigenvalue weighted by atomic mass is 10.1. The Bertz CT molecular complexity index is 261. The summed E-state index contributed by atoms with van der Waals surface area (Å²) in [7, 11) is 0. The van der Waals surface area contributed by atoms with Crippen LogP contribution in [0, 0.1) is 12.3 Å². The van der Waals surface area contributed by atoms with Crippen molar-refractivity contribution in [1.82, 2.24) is 0 Å². The van der Waals surface area contributed by atoms with Crippen LogP contribution in [0.5, 0.6) is 0 Å². The number of Topliss-reactive ketones (excluding diaryl/α,β-unsaturated/α-hetero) is 1. The molecule has 1 nitrogen and oxygen atoms in total. The predicted molar refractivity (Wildman–Crippen MR) is 51.6 cm³/mol. The molecule has 0 rings (SSSR count). The van der Waals surface area contributed by atoms with Crippen LogP contribution in [0.15, 0.2) is 23.3 Å². The predicted octanol–water partition coefficient (Wildman–Crippen LogP) is 2.49. The number of terminal acetylenes is 1. The first-order valence-corrected chi connectivity index (χ1v) is 3.96. The van der Waals surface area contributed by atoms with Gasteiger partial charge in [-0.3, -0.25) is 4.79 Å². The maximum atomic E-state index is 10.9. The van der Waals surface area contributed by atoms with E-state index in [0.29, 0.717) is 0 Å². The molecular weight excluding hydrogens is 148 g/mol. The number of carbonyl (C=O) groups excluding carboxylic acids is 1. The highest BCUT2D eigenvalue weighted by molar-refractivity contribution is 5.93. The van der Waals surface area contributed by atoms with Crippen LogP contribution in [0.1, 0.15) is 27.2 Å². The summed E-state index contributed by atoms with van der Waals surface area (Å²) >= 11 is 0. The minimum Gasteiger partial charge on any atom is -0.295 e. The highest BCUT2D eigenvalue weighted by atomic mass is 16.1. The number of allylic oxidation sites excluding steroid dienone is 4. The summed E-state index contributed by atoms with van der Waals surface area (Å²) in [6.07, 6.45) is 9.48. The monoisotopic (exact) mass is 162 g/mol. The van der Waals surface area contributed by atoms with Gasteiger partial charge in [-0.1, -0.05) is 25.0 Å². The van der Waals surface area contributed by atoms with Gasteiger partial charge in [0, 0.05) is 0 Å². The third-order valence-corrected chi connectivity index (χ3v) is 1.60. The highest BCUT2D eigenvalue weighted by Crippen LogP contribution is 2.03. The van der Waals surface area contributed by atoms with Crippen LogP contribution in [0.2, 0.25) is 0 Å². The molecule has 0 radical (unpaired) electrons. The zero-order valence-corrected chi connectivity index (χ0v) is 7.85. The molecule has 0 saturated carbocycles. The SMILES string of the molecule is C#C/C(C)=C\C=C(/CC)C(C)=O. The largest absolute Gasteiger partial charge is 0.295 e. The fraction of sp³-hybridized carbons (Fsp3) is 0.364. The van der Waals surface area contributed by atoms with E-state index in [9.17, 15) is 4.79 Å². The van der Waals surface area contributed by atoms with Crippen molar-refractivity contribution >= 4 is 5.78 Å². The van der Waals surface area contributed by atoms with Crippen molar-refractivity contribution in [2.24, 2.45) is 0 Å². The molecule has 64 valence electrons. The molecule has 0 atom stereocenters. The molecule has 0 unspecified atom stereocenters. The van der Waals surface area contributed by atoms with E-state index >= 15 is 0 Å². The lowest BCUT2D eigenvalue weighted by Crippen LogP contribution is -1.93. The third kappa shape index (κ3) is 3.78. The van der Waals surface area contributed by atoms with Gasteiger partial charge in [-0.05, 0) is 31.4 Å². The van der Waals surface area contributed by atoms with Crippen molar-refractivity contribution in [3.63, 3.8) is 0 Å². The van der Waals surface area contributed by atoms with Gasteiger partial charge in [0.15, 0.2) is 5.78 Å². The Morgan fingerprint density at radius 2 is 2.00 bits per heavy atom. The molecule has 0 heterocycles. The van der Waals surface area contributed by atoms with Crippen molar-refractivity contribution in [3.8, 4) is 12.3 Å². The summed E-state index contributed by atoms with van der Waals surface area (Å²) in [6, 6.07) is 0. The third-order valence-electron chi connectivity index (χ3n) is 1.60. The van der Waals surface area contributed by atoms with Gasteiger partial charge >= 0.3 is 0 Å². The van der Waals surface area contributed by atoms with Crippen molar-refractivity contribution < 1.29 is 4.79 Å². The zero-order valence-electron chi connectivity index (χ0n) is 7.85. The molecule has 0 aromatic carbocycles. The van der Waals surface area contributed by atoms with Crippen LogP contribution in [-0.4, -0.2) is 5.78 Å². The second-order valence-corrected chi connectivity index (χ2v) is 2.60. The maximum absolute atomic E-state index is 10.9. The first-order valence-electron chi connectivity index (χ1n) is 3.96. The van der Waals surface area contributed by atoms with Gasteiger partial charge in [0.05, 0.1) is 0 Å². The van der Waals surface area contributed by atoms with Gasteiger partial charge < -0.3 is 0 Å². The number of carbonyl (C=O) groups is 1. The average molecular weight is 162 g/mol. The summed E-state index contributed by atoms with van der Waals surface area (Å²) in [4.78, 5) is 10.9. The molecule has 12 heavy (non-hydrogen) atoms. The van der Waals surface area contributed by atoms with E-state index in [-0.39, 0.29) is 5.78 Å². The number of ketones is 1. The summed E-state index contributed by atoms with van der Waals surface area (Å²) < 4.78 is 0. The van der Waals surface area contributed by atoms with Crippen molar-refractivity contribution in [3.05, 3.63) is 23.3 Å². The quantitative estimate of drug-likeness (QED) is 0.354. The first kappa shape index (κ1) is 10.7. The number of hydrogen-bond acceptors (Lipinski definition) is 1. The molecule has 0 bridgehead atoms. The van der Waals surface area contributed by atoms with Crippen LogP contribution in [0.3, 0.4) is 0 Å². The molecule has 0 N–H and O–H groups in total. The fourth-order valence-corrected chi connectivity index (χ4v) is 0.758. The van der Waals surface area contributed by atoms with E-state index in [1.807, 2.05) is 13.8 Å². The van der Waals surface area contributed by atoms with Crippen molar-refractivity contribution in [2.75, 3.05) is 0 Å². The molecule has 0 amide bonds. The Balaban J connectivity index is 4.54. The van der Waals surface area contributed by atoms with Gasteiger partial charge in [0.1, 0.15) is 0 Å². The zero-order chi connectivity index (χ0) is 9.56. The van der Waals surface area contributed by atoms with Gasteiger partial charge in [0.25, 0.3) is 0 Å². The molecule has 0 fully saturated rings. The summed E-state index contributed by atoms with van der Waals surface area (Å²) in [5.41, 5.74) is 1.65. The molecule has 0 aliphatic rings. The topological polar surface area (TPSA) is 17.1 Å². The summed E-state index contributed by atoms with van der Waals surface area (Å²) in [5.74, 6) is 2.60. The molecule has 0 aromatic heterocycles. The Labute approximate surface area is 74.2 Å². The van der Waals surface area contributed by atoms with E-state index in [1.54, 1.807) is 19.1 Å². The minimum absolute atomic E-state index is 0.110. The minimum atomic E-state index is 0.110. The van der Waals surface area contributed by atoms with E-state index in [1.165, 1.54) is 0 Å². The lowest BCUT2D eigenvalue weighted by molar-refractivity contribution is -0.113. The van der Waals surface area contributed by atoms with E-state index in [4.69, 9.17) is 6.42 Å². The molecule has 0 aromatic rings. The Kier molecular flexibility index (Phi) is 4.79. The van der Waals surface area contributed by atoms with Crippen LogP contribution < -0.4 is 0 Å². The summed E-state index contributed by atoms with van der Waals surface area (Å²) in [6.45, 7) is 5.35. The second-order valence-electron chi connectivity index (χ2n) is 2.60. The number of hydrogen-bond donors (Lipinski definition) is 0. The van der Waals surface area contributed by atoms with E-state index < -0.39 is 0 Å². The fourth-order valence-electron chi connectivity index (χ4n) is 0.758. The van der Waals surface area contributed by atoms with Gasteiger partial charge in [-0.15, -0.1) is 6.42 Å². The average Bonchev–Trinajstić information content (AvgIpc) is 2.04. The summed E-state index contributed by atoms with van der Waals surface area (Å²) in [5, 5.41) is 0. The molecule has 0 aliphatic heterocycles. The Morgan fingerprint density at radius 3 is 2.33 bits per heavy atom. The molecule has 0 aliphatic carbocycles. The Morgan fingerprint density at radius 1 is 1.42 bits per heavy atom. The highest BCUT2D eigenvalue weighted by Gasteiger charge is 1.97. The van der Waals surface area contributed by atoms with Gasteiger partial charge in [0.2, 0.25) is 0 Å². The lowest BCUT2D eigenvalue weighted by Gasteiger charge is -1.95. The second kappa shape index (κ2) is 5.37. The molecule has 0 saturated heterocycles.